The van der Waals surface area contributed by atoms with Gasteiger partial charge in [-0.05, 0) is 51.5 Å². The summed E-state index contributed by atoms with van der Waals surface area (Å²) in [4.78, 5) is 35.8. The van der Waals surface area contributed by atoms with Crippen molar-refractivity contribution < 1.29 is 23.9 Å². The van der Waals surface area contributed by atoms with Crippen LogP contribution in [0.25, 0.3) is 0 Å². The average Bonchev–Trinajstić information content (AvgIpc) is 2.69. The van der Waals surface area contributed by atoms with Crippen LogP contribution in [0.2, 0.25) is 0 Å². The second-order valence-corrected chi connectivity index (χ2v) is 7.58. The van der Waals surface area contributed by atoms with Gasteiger partial charge in [-0.2, -0.15) is 0 Å². The average molecular weight is 397 g/mol. The van der Waals surface area contributed by atoms with Gasteiger partial charge in [0.15, 0.2) is 11.6 Å². The molecular weight excluding hydrogens is 370 g/mol. The number of ketones is 2. The van der Waals surface area contributed by atoms with Crippen molar-refractivity contribution >= 4 is 17.7 Å². The minimum atomic E-state index is -0.547. The number of hydrogen-bond acceptors (Lipinski definition) is 5. The Bertz CT molecular complexity index is 823. The van der Waals surface area contributed by atoms with Crippen molar-refractivity contribution in [1.82, 2.24) is 5.32 Å². The second kappa shape index (κ2) is 10.4. The van der Waals surface area contributed by atoms with E-state index in [1.54, 1.807) is 57.2 Å². The van der Waals surface area contributed by atoms with Gasteiger partial charge in [-0.15, -0.1) is 0 Å². The molecule has 29 heavy (non-hydrogen) atoms. The van der Waals surface area contributed by atoms with Gasteiger partial charge in [-0.1, -0.05) is 30.3 Å². The Labute approximate surface area is 171 Å². The van der Waals surface area contributed by atoms with Crippen LogP contribution in [-0.4, -0.2) is 36.4 Å². The van der Waals surface area contributed by atoms with Crippen LogP contribution < -0.4 is 10.1 Å². The molecule has 0 unspecified atom stereocenters. The topological polar surface area (TPSA) is 81.7 Å². The maximum Gasteiger partial charge on any atom is 0.407 e. The summed E-state index contributed by atoms with van der Waals surface area (Å²) in [5.41, 5.74) is 0.633. The zero-order valence-corrected chi connectivity index (χ0v) is 17.1. The van der Waals surface area contributed by atoms with Crippen molar-refractivity contribution in [2.24, 2.45) is 0 Å². The minimum absolute atomic E-state index is 0.0571. The number of carbonyl (C=O) groups is 3. The quantitative estimate of drug-likeness (QED) is 0.507. The molecule has 0 saturated heterocycles. The molecule has 0 heterocycles. The number of alkyl carbamates (subject to hydrolysis) is 1. The van der Waals surface area contributed by atoms with E-state index in [9.17, 15) is 14.4 Å². The molecule has 2 rings (SSSR count). The second-order valence-electron chi connectivity index (χ2n) is 7.58. The van der Waals surface area contributed by atoms with Crippen LogP contribution >= 0.6 is 0 Å². The molecule has 6 heteroatoms. The number of nitrogens with one attached hydrogen (secondary N) is 1. The van der Waals surface area contributed by atoms with Crippen LogP contribution in [0.1, 0.15) is 49.5 Å². The summed E-state index contributed by atoms with van der Waals surface area (Å²) in [7, 11) is 0. The number of amides is 1. The fraction of sp³-hybridized carbons (Fsp3) is 0.348. The van der Waals surface area contributed by atoms with Crippen LogP contribution in [0.4, 0.5) is 4.79 Å². The number of carbonyl (C=O) groups excluding carboxylic acids is 3. The molecule has 2 aromatic carbocycles. The first kappa shape index (κ1) is 22.1. The highest BCUT2D eigenvalue weighted by atomic mass is 16.6. The molecule has 0 radical (unpaired) electrons. The monoisotopic (exact) mass is 397 g/mol. The highest BCUT2D eigenvalue weighted by Crippen LogP contribution is 2.15. The first-order valence-corrected chi connectivity index (χ1v) is 9.56. The molecule has 6 nitrogen and oxygen atoms in total. The lowest BCUT2D eigenvalue weighted by Gasteiger charge is -2.19. The Kier molecular flexibility index (Phi) is 7.95. The molecule has 0 fully saturated rings. The van der Waals surface area contributed by atoms with Gasteiger partial charge in [0, 0.05) is 24.1 Å². The van der Waals surface area contributed by atoms with Crippen LogP contribution in [0.5, 0.6) is 5.75 Å². The Morgan fingerprint density at radius 2 is 1.52 bits per heavy atom. The largest absolute Gasteiger partial charge is 0.486 e. The molecule has 0 aliphatic heterocycles. The highest BCUT2D eigenvalue weighted by molar-refractivity contribution is 6.08. The fourth-order valence-electron chi connectivity index (χ4n) is 2.48. The molecule has 1 N–H and O–H groups in total. The molecule has 0 bridgehead atoms. The predicted molar refractivity (Wildman–Crippen MR) is 110 cm³/mol. The zero-order chi connectivity index (χ0) is 21.3. The molecule has 154 valence electrons. The van der Waals surface area contributed by atoms with Crippen molar-refractivity contribution in [3.8, 4) is 5.75 Å². The van der Waals surface area contributed by atoms with Crippen LogP contribution in [0.3, 0.4) is 0 Å². The SMILES string of the molecule is CC(C)(C)OC(=O)NCCCC(=O)COc1ccc(C(=O)c2ccccc2)cc1. The van der Waals surface area contributed by atoms with Gasteiger partial charge in [-0.25, -0.2) is 4.79 Å². The normalized spacial score (nSPS) is 10.9. The smallest absolute Gasteiger partial charge is 0.407 e. The number of hydrogen-bond donors (Lipinski definition) is 1. The Morgan fingerprint density at radius 3 is 2.14 bits per heavy atom. The van der Waals surface area contributed by atoms with E-state index in [2.05, 4.69) is 5.32 Å². The van der Waals surface area contributed by atoms with Crippen LogP contribution in [0, 0.1) is 0 Å². The molecule has 0 aromatic heterocycles. The summed E-state index contributed by atoms with van der Waals surface area (Å²) in [6.07, 6.45) is 0.304. The maximum atomic E-state index is 12.4. The third-order valence-electron chi connectivity index (χ3n) is 3.85. The zero-order valence-electron chi connectivity index (χ0n) is 17.1. The van der Waals surface area contributed by atoms with Gasteiger partial charge < -0.3 is 14.8 Å². The number of Topliss-reactive ketones (excluding diaryl/α,β-unsaturated/α-hetero) is 1. The van der Waals surface area contributed by atoms with Gasteiger partial charge in [-0.3, -0.25) is 9.59 Å². The van der Waals surface area contributed by atoms with Gasteiger partial charge in [0.05, 0.1) is 0 Å². The lowest BCUT2D eigenvalue weighted by atomic mass is 10.0. The van der Waals surface area contributed by atoms with Crippen molar-refractivity contribution in [2.75, 3.05) is 13.2 Å². The predicted octanol–water partition coefficient (Wildman–Crippen LogP) is 4.17. The molecule has 2 aromatic rings. The van der Waals surface area contributed by atoms with E-state index in [4.69, 9.17) is 9.47 Å². The minimum Gasteiger partial charge on any atom is -0.486 e. The number of rotatable bonds is 9. The summed E-state index contributed by atoms with van der Waals surface area (Å²) in [6.45, 7) is 5.67. The Balaban J connectivity index is 1.70. The lowest BCUT2D eigenvalue weighted by Crippen LogP contribution is -2.33. The summed E-state index contributed by atoms with van der Waals surface area (Å²) in [5.74, 6) is 0.390. The molecule has 0 atom stereocenters. The molecule has 0 spiro atoms. The third kappa shape index (κ3) is 8.17. The Hall–Kier alpha value is -3.15. The van der Waals surface area contributed by atoms with E-state index >= 15 is 0 Å². The standard InChI is InChI=1S/C23H27NO5/c1-23(2,3)29-22(27)24-15-7-10-19(25)16-28-20-13-11-18(12-14-20)21(26)17-8-5-4-6-9-17/h4-6,8-9,11-14H,7,10,15-16H2,1-3H3,(H,24,27). The van der Waals surface area contributed by atoms with Crippen molar-refractivity contribution in [3.63, 3.8) is 0 Å². The molecule has 0 aliphatic carbocycles. The summed E-state index contributed by atoms with van der Waals surface area (Å²) < 4.78 is 10.6. The first-order valence-electron chi connectivity index (χ1n) is 9.56. The van der Waals surface area contributed by atoms with E-state index in [1.165, 1.54) is 0 Å². The number of ether oxygens (including phenoxy) is 2. The molecule has 0 saturated carbocycles. The lowest BCUT2D eigenvalue weighted by molar-refractivity contribution is -0.121. The van der Waals surface area contributed by atoms with E-state index in [0.29, 0.717) is 36.3 Å². The summed E-state index contributed by atoms with van der Waals surface area (Å²) in [6, 6.07) is 15.7. The Morgan fingerprint density at radius 1 is 0.897 bits per heavy atom. The molecule has 1 amide bonds. The molecular formula is C23H27NO5. The third-order valence-corrected chi connectivity index (χ3v) is 3.85. The van der Waals surface area contributed by atoms with Crippen molar-refractivity contribution in [1.29, 1.82) is 0 Å². The van der Waals surface area contributed by atoms with Crippen LogP contribution in [-0.2, 0) is 9.53 Å². The molecule has 0 aliphatic rings. The van der Waals surface area contributed by atoms with E-state index in [0.717, 1.165) is 0 Å². The van der Waals surface area contributed by atoms with Gasteiger partial charge >= 0.3 is 6.09 Å². The maximum absolute atomic E-state index is 12.4. The van der Waals surface area contributed by atoms with E-state index in [-0.39, 0.29) is 18.2 Å². The van der Waals surface area contributed by atoms with Gasteiger partial charge in [0.1, 0.15) is 18.0 Å². The van der Waals surface area contributed by atoms with Gasteiger partial charge in [0.25, 0.3) is 0 Å². The number of benzene rings is 2. The van der Waals surface area contributed by atoms with E-state index in [1.807, 2.05) is 18.2 Å². The van der Waals surface area contributed by atoms with Crippen LogP contribution in [0.15, 0.2) is 54.6 Å². The summed E-state index contributed by atoms with van der Waals surface area (Å²) >= 11 is 0. The van der Waals surface area contributed by atoms with Crippen molar-refractivity contribution in [2.45, 2.75) is 39.2 Å². The highest BCUT2D eigenvalue weighted by Gasteiger charge is 2.15. The fourth-order valence-corrected chi connectivity index (χ4v) is 2.48. The summed E-state index contributed by atoms with van der Waals surface area (Å²) in [5, 5.41) is 2.61. The first-order chi connectivity index (χ1) is 13.7. The van der Waals surface area contributed by atoms with E-state index < -0.39 is 11.7 Å². The van der Waals surface area contributed by atoms with Gasteiger partial charge in [0.2, 0.25) is 0 Å². The van der Waals surface area contributed by atoms with Crippen molar-refractivity contribution in [3.05, 3.63) is 65.7 Å².